The number of hydrogen-bond acceptors (Lipinski definition) is 4. The van der Waals surface area contributed by atoms with Crippen molar-refractivity contribution >= 4 is 11.6 Å². The Morgan fingerprint density at radius 2 is 1.77 bits per heavy atom. The van der Waals surface area contributed by atoms with Gasteiger partial charge in [-0.25, -0.2) is 4.68 Å². The number of carbonyl (C=O) groups is 1. The standard InChI is InChI=1S/C24H26N4O2/c29-24(26-13-7-2-8-14-26)23-18-27(21-11-5-6-12-22(21)30-23)16-19-15-25-28(17-19)20-9-3-1-4-10-20/h1,3-6,9-12,15,17,23H,2,7-8,13-14,16,18H2. The predicted octanol–water partition coefficient (Wildman–Crippen LogP) is 3.65. The van der Waals surface area contributed by atoms with Gasteiger partial charge in [-0.3, -0.25) is 4.79 Å². The molecule has 6 heteroatoms. The molecule has 2 aromatic carbocycles. The molecule has 5 rings (SSSR count). The first kappa shape index (κ1) is 18.7. The molecule has 0 radical (unpaired) electrons. The molecule has 3 aromatic rings. The molecule has 0 spiro atoms. The van der Waals surface area contributed by atoms with Crippen LogP contribution in [0.15, 0.2) is 67.0 Å². The van der Waals surface area contributed by atoms with Crippen LogP contribution in [0.5, 0.6) is 5.75 Å². The summed E-state index contributed by atoms with van der Waals surface area (Å²) in [6.45, 7) is 2.90. The Morgan fingerprint density at radius 3 is 2.60 bits per heavy atom. The number of rotatable bonds is 4. The third kappa shape index (κ3) is 3.77. The number of amides is 1. The Bertz CT molecular complexity index is 1010. The number of ether oxygens (including phenoxy) is 1. The van der Waals surface area contributed by atoms with Gasteiger partial charge in [0.05, 0.1) is 24.1 Å². The van der Waals surface area contributed by atoms with Gasteiger partial charge in [0.25, 0.3) is 5.91 Å². The minimum absolute atomic E-state index is 0.106. The Labute approximate surface area is 176 Å². The quantitative estimate of drug-likeness (QED) is 0.668. The van der Waals surface area contributed by atoms with E-state index >= 15 is 0 Å². The predicted molar refractivity (Wildman–Crippen MR) is 116 cm³/mol. The first-order valence-corrected chi connectivity index (χ1v) is 10.7. The fraction of sp³-hybridized carbons (Fsp3) is 0.333. The van der Waals surface area contributed by atoms with E-state index in [1.165, 1.54) is 6.42 Å². The first-order valence-electron chi connectivity index (χ1n) is 10.7. The fourth-order valence-electron chi connectivity index (χ4n) is 4.29. The monoisotopic (exact) mass is 402 g/mol. The van der Waals surface area contributed by atoms with Crippen LogP contribution in [0.25, 0.3) is 5.69 Å². The molecular weight excluding hydrogens is 376 g/mol. The van der Waals surface area contributed by atoms with Crippen molar-refractivity contribution in [2.75, 3.05) is 24.5 Å². The van der Waals surface area contributed by atoms with Crippen molar-refractivity contribution in [3.8, 4) is 11.4 Å². The molecule has 1 amide bonds. The summed E-state index contributed by atoms with van der Waals surface area (Å²) in [5, 5.41) is 4.52. The highest BCUT2D eigenvalue weighted by Crippen LogP contribution is 2.34. The van der Waals surface area contributed by atoms with Gasteiger partial charge in [-0.2, -0.15) is 5.10 Å². The van der Waals surface area contributed by atoms with Gasteiger partial charge in [-0.1, -0.05) is 30.3 Å². The lowest BCUT2D eigenvalue weighted by Crippen LogP contribution is -2.51. The van der Waals surface area contributed by atoms with Gasteiger partial charge in [0.1, 0.15) is 5.75 Å². The van der Waals surface area contributed by atoms with Crippen molar-refractivity contribution in [1.82, 2.24) is 14.7 Å². The fourth-order valence-corrected chi connectivity index (χ4v) is 4.29. The molecule has 1 saturated heterocycles. The number of nitrogens with zero attached hydrogens (tertiary/aromatic N) is 4. The molecule has 0 saturated carbocycles. The largest absolute Gasteiger partial charge is 0.477 e. The maximum atomic E-state index is 13.1. The summed E-state index contributed by atoms with van der Waals surface area (Å²) in [6.07, 6.45) is 6.84. The van der Waals surface area contributed by atoms with Crippen molar-refractivity contribution in [2.24, 2.45) is 0 Å². The van der Waals surface area contributed by atoms with E-state index in [9.17, 15) is 4.79 Å². The highest BCUT2D eigenvalue weighted by molar-refractivity contribution is 5.83. The van der Waals surface area contributed by atoms with E-state index in [0.29, 0.717) is 13.1 Å². The van der Waals surface area contributed by atoms with Gasteiger partial charge in [0.15, 0.2) is 6.10 Å². The Balaban J connectivity index is 1.37. The van der Waals surface area contributed by atoms with Gasteiger partial charge in [0, 0.05) is 31.4 Å². The van der Waals surface area contributed by atoms with Crippen LogP contribution in [0.3, 0.4) is 0 Å². The molecule has 30 heavy (non-hydrogen) atoms. The maximum Gasteiger partial charge on any atom is 0.265 e. The third-order valence-electron chi connectivity index (χ3n) is 5.83. The molecule has 2 aliphatic rings. The van der Waals surface area contributed by atoms with Crippen LogP contribution < -0.4 is 9.64 Å². The van der Waals surface area contributed by atoms with E-state index < -0.39 is 6.10 Å². The smallest absolute Gasteiger partial charge is 0.265 e. The summed E-state index contributed by atoms with van der Waals surface area (Å²) >= 11 is 0. The number of carbonyl (C=O) groups excluding carboxylic acids is 1. The molecule has 3 heterocycles. The molecule has 6 nitrogen and oxygen atoms in total. The zero-order valence-corrected chi connectivity index (χ0v) is 17.0. The van der Waals surface area contributed by atoms with Gasteiger partial charge < -0.3 is 14.5 Å². The van der Waals surface area contributed by atoms with Crippen LogP contribution in [-0.2, 0) is 11.3 Å². The first-order chi connectivity index (χ1) is 14.8. The number of anilines is 1. The van der Waals surface area contributed by atoms with Crippen LogP contribution >= 0.6 is 0 Å². The van der Waals surface area contributed by atoms with Crippen molar-refractivity contribution in [3.63, 3.8) is 0 Å². The number of piperidine rings is 1. The SMILES string of the molecule is O=C(C1CN(Cc2cnn(-c3ccccc3)c2)c2ccccc2O1)N1CCCCC1. The second kappa shape index (κ2) is 8.22. The van der Waals surface area contributed by atoms with Gasteiger partial charge in [0.2, 0.25) is 0 Å². The molecule has 154 valence electrons. The topological polar surface area (TPSA) is 50.6 Å². The maximum absolute atomic E-state index is 13.1. The van der Waals surface area contributed by atoms with Crippen molar-refractivity contribution < 1.29 is 9.53 Å². The molecule has 1 fully saturated rings. The van der Waals surface area contributed by atoms with Gasteiger partial charge >= 0.3 is 0 Å². The molecule has 0 aliphatic carbocycles. The number of benzene rings is 2. The normalized spacial score (nSPS) is 18.6. The zero-order chi connectivity index (χ0) is 20.3. The molecule has 0 N–H and O–H groups in total. The average Bonchev–Trinajstić information content (AvgIpc) is 3.28. The van der Waals surface area contributed by atoms with Crippen LogP contribution in [0, 0.1) is 0 Å². The lowest BCUT2D eigenvalue weighted by atomic mass is 10.1. The molecule has 0 bridgehead atoms. The van der Waals surface area contributed by atoms with Gasteiger partial charge in [-0.15, -0.1) is 0 Å². The van der Waals surface area contributed by atoms with Crippen molar-refractivity contribution in [3.05, 3.63) is 72.6 Å². The summed E-state index contributed by atoms with van der Waals surface area (Å²) in [4.78, 5) is 17.3. The summed E-state index contributed by atoms with van der Waals surface area (Å²) in [6, 6.07) is 18.1. The Morgan fingerprint density at radius 1 is 1.00 bits per heavy atom. The summed E-state index contributed by atoms with van der Waals surface area (Å²) < 4.78 is 8.02. The Kier molecular flexibility index (Phi) is 5.13. The van der Waals surface area contributed by atoms with Crippen molar-refractivity contribution in [2.45, 2.75) is 31.9 Å². The number of aromatic nitrogens is 2. The van der Waals surface area contributed by atoms with E-state index in [-0.39, 0.29) is 5.91 Å². The number of fused-ring (bicyclic) bond motifs is 1. The van der Waals surface area contributed by atoms with Crippen LogP contribution in [0.4, 0.5) is 5.69 Å². The highest BCUT2D eigenvalue weighted by atomic mass is 16.5. The molecule has 1 atom stereocenters. The highest BCUT2D eigenvalue weighted by Gasteiger charge is 2.34. The van der Waals surface area contributed by atoms with E-state index in [0.717, 1.165) is 48.6 Å². The van der Waals surface area contributed by atoms with E-state index in [1.807, 2.05) is 64.3 Å². The summed E-state index contributed by atoms with van der Waals surface area (Å²) in [5.41, 5.74) is 3.15. The lowest BCUT2D eigenvalue weighted by molar-refractivity contribution is -0.139. The molecular formula is C24H26N4O2. The number of likely N-dealkylation sites (tertiary alicyclic amines) is 1. The Hall–Kier alpha value is -3.28. The van der Waals surface area contributed by atoms with Crippen LogP contribution in [0.2, 0.25) is 0 Å². The van der Waals surface area contributed by atoms with Crippen LogP contribution in [-0.4, -0.2) is 46.3 Å². The van der Waals surface area contributed by atoms with Crippen molar-refractivity contribution in [1.29, 1.82) is 0 Å². The number of para-hydroxylation sites is 3. The molecule has 1 aromatic heterocycles. The van der Waals surface area contributed by atoms with E-state index in [2.05, 4.69) is 22.3 Å². The second-order valence-electron chi connectivity index (χ2n) is 7.97. The third-order valence-corrected chi connectivity index (χ3v) is 5.83. The lowest BCUT2D eigenvalue weighted by Gasteiger charge is -2.38. The molecule has 2 aliphatic heterocycles. The molecule has 1 unspecified atom stereocenters. The summed E-state index contributed by atoms with van der Waals surface area (Å²) in [5.74, 6) is 0.878. The number of hydrogen-bond donors (Lipinski definition) is 0. The zero-order valence-electron chi connectivity index (χ0n) is 17.0. The van der Waals surface area contributed by atoms with E-state index in [1.54, 1.807) is 0 Å². The minimum Gasteiger partial charge on any atom is -0.477 e. The minimum atomic E-state index is -0.470. The van der Waals surface area contributed by atoms with Crippen LogP contribution in [0.1, 0.15) is 24.8 Å². The second-order valence-corrected chi connectivity index (χ2v) is 7.97. The summed E-state index contributed by atoms with van der Waals surface area (Å²) in [7, 11) is 0. The average molecular weight is 402 g/mol. The van der Waals surface area contributed by atoms with Gasteiger partial charge in [-0.05, 0) is 43.5 Å². The van der Waals surface area contributed by atoms with E-state index in [4.69, 9.17) is 4.74 Å².